The lowest BCUT2D eigenvalue weighted by Crippen LogP contribution is -2.59. The van der Waals surface area contributed by atoms with Crippen molar-refractivity contribution in [3.63, 3.8) is 0 Å². The van der Waals surface area contributed by atoms with E-state index in [-0.39, 0.29) is 97.8 Å². The number of rotatable bonds is 37. The second kappa shape index (κ2) is 37.9. The van der Waals surface area contributed by atoms with Gasteiger partial charge >= 0.3 is 6.09 Å². The summed E-state index contributed by atoms with van der Waals surface area (Å²) in [6.07, 6.45) is -31.0. The number of ether oxygens (including phenoxy) is 8. The number of unbranched alkanes of at least 4 members (excludes halogenated alkanes) is 4. The minimum absolute atomic E-state index is 0.0208. The van der Waals surface area contributed by atoms with Gasteiger partial charge in [-0.05, 0) is 32.1 Å². The lowest BCUT2D eigenvalue weighted by Gasteiger charge is -2.40. The first-order valence-electron chi connectivity index (χ1n) is 28.3. The molecule has 0 aliphatic carbocycles. The van der Waals surface area contributed by atoms with Crippen LogP contribution >= 0.6 is 0 Å². The van der Waals surface area contributed by atoms with Gasteiger partial charge in [-0.2, -0.15) is 0 Å². The second-order valence-corrected chi connectivity index (χ2v) is 20.8. The normalized spacial score (nSPS) is 33.6. The van der Waals surface area contributed by atoms with Gasteiger partial charge in [0.15, 0.2) is 25.2 Å². The maximum Gasteiger partial charge on any atom is 0.405 e. The number of carboxylic acid groups (broad SMARTS) is 1. The average molecular weight is 1240 g/mol. The summed E-state index contributed by atoms with van der Waals surface area (Å²) < 4.78 is 43.6. The average Bonchev–Trinajstić information content (AvgIpc) is 3.13. The first-order valence-corrected chi connectivity index (χ1v) is 28.3. The predicted octanol–water partition coefficient (Wildman–Crippen LogP) is -10.3. The van der Waals surface area contributed by atoms with Crippen LogP contribution in [0.25, 0.3) is 0 Å². The highest BCUT2D eigenvalue weighted by atomic mass is 16.7. The van der Waals surface area contributed by atoms with Crippen LogP contribution in [0.15, 0.2) is 0 Å². The smallest absolute Gasteiger partial charge is 0.405 e. The highest BCUT2D eigenvalue weighted by molar-refractivity contribution is 5.86. The van der Waals surface area contributed by atoms with Gasteiger partial charge in [-0.1, -0.05) is 12.8 Å². The van der Waals surface area contributed by atoms with E-state index in [1.54, 1.807) is 0 Å². The number of nitrogens with one attached hydrogen (secondary N) is 3. The molecule has 0 bridgehead atoms. The van der Waals surface area contributed by atoms with Crippen LogP contribution in [-0.4, -0.2) is 347 Å². The van der Waals surface area contributed by atoms with Crippen molar-refractivity contribution in [3.8, 4) is 0 Å². The molecule has 0 aromatic heterocycles. The summed E-state index contributed by atoms with van der Waals surface area (Å²) in [7, 11) is 0. The molecule has 20 N–H and O–H groups in total. The summed E-state index contributed by atoms with van der Waals surface area (Å²) in [4.78, 5) is 66.8. The third kappa shape index (κ3) is 22.6. The van der Waals surface area contributed by atoms with Crippen LogP contribution in [0.1, 0.15) is 64.2 Å². The van der Waals surface area contributed by atoms with Gasteiger partial charge in [0, 0.05) is 58.5 Å². The van der Waals surface area contributed by atoms with E-state index in [1.807, 2.05) is 0 Å². The zero-order valence-corrected chi connectivity index (χ0v) is 46.9. The molecule has 4 aliphatic rings. The molecule has 494 valence electrons. The van der Waals surface area contributed by atoms with Crippen molar-refractivity contribution in [2.75, 3.05) is 92.1 Å². The fourth-order valence-corrected chi connectivity index (χ4v) is 9.48. The Balaban J connectivity index is 1.18. The van der Waals surface area contributed by atoms with E-state index in [0.717, 1.165) is 0 Å². The predicted molar refractivity (Wildman–Crippen MR) is 279 cm³/mol. The second-order valence-electron chi connectivity index (χ2n) is 20.8. The van der Waals surface area contributed by atoms with Gasteiger partial charge in [-0.15, -0.1) is 0 Å². The fraction of sp³-hybridized carbons (Fsp3) is 0.900. The lowest BCUT2D eigenvalue weighted by molar-refractivity contribution is -0.303. The van der Waals surface area contributed by atoms with Crippen LogP contribution in [0, 0.1) is 0 Å². The number of hydrogen-bond acceptors (Lipinski definition) is 29. The Morgan fingerprint density at radius 3 is 1.00 bits per heavy atom. The summed E-state index contributed by atoms with van der Waals surface area (Å²) in [5.74, 6) is -2.05. The van der Waals surface area contributed by atoms with Crippen molar-refractivity contribution < 1.29 is 149 Å². The Bertz CT molecular complexity index is 1890. The molecule has 0 aromatic carbocycles. The molecule has 4 rings (SSSR count). The van der Waals surface area contributed by atoms with Gasteiger partial charge in [-0.3, -0.25) is 19.2 Å². The minimum atomic E-state index is -1.72. The summed E-state index contributed by atoms with van der Waals surface area (Å²) in [6.45, 7) is -4.29. The van der Waals surface area contributed by atoms with E-state index >= 15 is 0 Å². The highest BCUT2D eigenvalue weighted by Crippen LogP contribution is 2.26. The van der Waals surface area contributed by atoms with Crippen molar-refractivity contribution in [2.24, 2.45) is 0 Å². The Labute approximate surface area is 488 Å². The quantitative estimate of drug-likeness (QED) is 0.0257. The summed E-state index contributed by atoms with van der Waals surface area (Å²) in [5.41, 5.74) is 0. The van der Waals surface area contributed by atoms with E-state index in [9.17, 15) is 111 Å². The molecule has 4 aliphatic heterocycles. The number of carbonyl (C=O) groups is 5. The molecule has 0 spiro atoms. The number of aliphatic hydroxyl groups excluding tert-OH is 16. The van der Waals surface area contributed by atoms with Crippen molar-refractivity contribution in [1.29, 1.82) is 0 Å². The van der Waals surface area contributed by atoms with Crippen molar-refractivity contribution in [1.82, 2.24) is 25.8 Å². The number of hydrogen-bond donors (Lipinski definition) is 20. The van der Waals surface area contributed by atoms with Crippen LogP contribution < -0.4 is 16.0 Å². The SMILES string of the molecule is O=C(O)N[C@@H](CCC(=O)NCCCCCC(=O)N(CCO[C@H]1O[C@H](CO)[C@@H](O)[C@H](O)[C@@H]1O)CCO[C@H]1O[C@H](CO)[C@@H](O)[C@H](O)[C@@H]1O)C(=O)NCCCCCC(=O)N(CCO[C@H]1O[C@H](CO)[C@@H](O)[C@H](O)[C@@H]1O)CCO[C@@H]1O[C@@H](CO)[C@H](O)[C@@H](O)[C@H]1O. The van der Waals surface area contributed by atoms with E-state index in [4.69, 9.17) is 37.9 Å². The molecule has 0 aromatic rings. The summed E-state index contributed by atoms with van der Waals surface area (Å²) in [6, 6.07) is -1.31. The lowest BCUT2D eigenvalue weighted by atomic mass is 9.99. The number of nitrogens with zero attached hydrogens (tertiary/aromatic N) is 2. The minimum Gasteiger partial charge on any atom is -0.465 e. The van der Waals surface area contributed by atoms with E-state index in [1.165, 1.54) is 9.80 Å². The van der Waals surface area contributed by atoms with E-state index in [2.05, 4.69) is 16.0 Å². The first-order chi connectivity index (χ1) is 40.5. The molecule has 5 amide bonds. The van der Waals surface area contributed by atoms with Crippen LogP contribution in [0.4, 0.5) is 4.79 Å². The van der Waals surface area contributed by atoms with Gasteiger partial charge in [0.25, 0.3) is 0 Å². The molecule has 4 saturated heterocycles. The largest absolute Gasteiger partial charge is 0.465 e. The Hall–Kier alpha value is -3.81. The number of aliphatic hydroxyl groups is 16. The zero-order chi connectivity index (χ0) is 62.9. The monoisotopic (exact) mass is 1240 g/mol. The molecular weight excluding hydrogens is 1150 g/mol. The third-order valence-electron chi connectivity index (χ3n) is 14.7. The summed E-state index contributed by atoms with van der Waals surface area (Å²) >= 11 is 0. The topological polar surface area (TPSA) is 546 Å². The molecule has 0 unspecified atom stereocenters. The summed E-state index contributed by atoms with van der Waals surface area (Å²) in [5, 5.41) is 177. The molecule has 4 heterocycles. The van der Waals surface area contributed by atoms with Crippen molar-refractivity contribution in [3.05, 3.63) is 0 Å². The van der Waals surface area contributed by atoms with E-state index < -0.39 is 185 Å². The van der Waals surface area contributed by atoms with Crippen LogP contribution in [0.3, 0.4) is 0 Å². The zero-order valence-electron chi connectivity index (χ0n) is 46.9. The Kier molecular flexibility index (Phi) is 32.8. The molecule has 35 heteroatoms. The van der Waals surface area contributed by atoms with Gasteiger partial charge in [0.1, 0.15) is 104 Å². The Morgan fingerprint density at radius 1 is 0.400 bits per heavy atom. The molecule has 0 saturated carbocycles. The molecular formula is C50H89N5O30. The van der Waals surface area contributed by atoms with Crippen LogP contribution in [0.5, 0.6) is 0 Å². The van der Waals surface area contributed by atoms with Gasteiger partial charge in [0.05, 0.1) is 52.9 Å². The van der Waals surface area contributed by atoms with Crippen molar-refractivity contribution in [2.45, 2.75) is 193 Å². The van der Waals surface area contributed by atoms with Gasteiger partial charge in [0.2, 0.25) is 23.6 Å². The van der Waals surface area contributed by atoms with Crippen molar-refractivity contribution >= 4 is 29.7 Å². The standard InChI is InChI=1S/C50H89N5O30/c56-21-26-33(63)37(67)41(71)46(82-26)78-17-13-54(14-18-79-47-42(72)38(68)34(64)27(22-57)83-47)31(61)7-3-1-5-11-51-30(60)10-9-25(53-50(76)77)45(75)52-12-6-2-4-8-32(62)55(15-19-80-48-43(73)39(69)35(65)28(23-58)84-48)16-20-81-49-44(74)40(70)36(66)29(24-59)85-49/h25-29,33-44,46-49,53,56-59,63-74H,1-24H2,(H,51,60)(H,52,75)(H,76,77)/t25-,26+,27+,28-,29+,33+,34+,35-,36+,37-,38-,39+,40-,41-,42-,43+,44-,46-,47-,48+,49-/m0/s1. The third-order valence-corrected chi connectivity index (χ3v) is 14.7. The maximum atomic E-state index is 13.5. The maximum absolute atomic E-state index is 13.5. The van der Waals surface area contributed by atoms with Crippen LogP contribution in [0.2, 0.25) is 0 Å². The highest BCUT2D eigenvalue weighted by Gasteiger charge is 2.47. The fourth-order valence-electron chi connectivity index (χ4n) is 9.48. The van der Waals surface area contributed by atoms with E-state index in [0.29, 0.717) is 32.1 Å². The first kappa shape index (κ1) is 73.7. The molecule has 21 atom stereocenters. The van der Waals surface area contributed by atoms with Gasteiger partial charge in [-0.25, -0.2) is 4.79 Å². The number of carbonyl (C=O) groups excluding carboxylic acids is 4. The Morgan fingerprint density at radius 2 is 0.706 bits per heavy atom. The molecule has 85 heavy (non-hydrogen) atoms. The molecule has 35 nitrogen and oxygen atoms in total. The molecule has 4 fully saturated rings. The van der Waals surface area contributed by atoms with Crippen LogP contribution in [-0.2, 0) is 57.1 Å². The van der Waals surface area contributed by atoms with Gasteiger partial charge < -0.3 is 150 Å². The molecule has 0 radical (unpaired) electrons. The number of amides is 5.